The highest BCUT2D eigenvalue weighted by molar-refractivity contribution is 8.02. The molecule has 2 N–H and O–H groups in total. The third-order valence-corrected chi connectivity index (χ3v) is 0.973. The second-order valence-electron chi connectivity index (χ2n) is 1.27. The highest BCUT2D eigenvalue weighted by atomic mass is 32.2. The molecular formula is C4H4F3NOS. The van der Waals surface area contributed by atoms with Crippen molar-refractivity contribution in [3.63, 3.8) is 0 Å². The van der Waals surface area contributed by atoms with E-state index in [0.29, 0.717) is 11.5 Å². The van der Waals surface area contributed by atoms with Gasteiger partial charge in [0.2, 0.25) is 5.91 Å². The Labute approximate surface area is 59.3 Å². The number of rotatable bonds is 2. The molecule has 0 rings (SSSR count). The van der Waals surface area contributed by atoms with E-state index in [2.05, 4.69) is 5.73 Å². The van der Waals surface area contributed by atoms with Crippen molar-refractivity contribution in [3.8, 4) is 0 Å². The lowest BCUT2D eigenvalue weighted by Gasteiger charge is -1.97. The fraction of sp³-hybridized carbons (Fsp3) is 0.250. The summed E-state index contributed by atoms with van der Waals surface area (Å²) in [6.45, 7) is 0. The topological polar surface area (TPSA) is 43.1 Å². The van der Waals surface area contributed by atoms with Crippen LogP contribution in [0.1, 0.15) is 0 Å². The Balaban J connectivity index is 3.64. The first kappa shape index (κ1) is 9.35. The van der Waals surface area contributed by atoms with E-state index >= 15 is 0 Å². The zero-order chi connectivity index (χ0) is 8.20. The van der Waals surface area contributed by atoms with E-state index in [0.717, 1.165) is 0 Å². The molecule has 0 aromatic rings. The number of nitrogens with two attached hydrogens (primary N) is 1. The maximum Gasteiger partial charge on any atom is 0.445 e. The largest absolute Gasteiger partial charge is 0.445 e. The molecule has 0 saturated carbocycles. The molecule has 0 aromatic carbocycles. The molecule has 0 fully saturated rings. The van der Waals surface area contributed by atoms with Crippen LogP contribution in [0, 0.1) is 0 Å². The van der Waals surface area contributed by atoms with Gasteiger partial charge in [-0.25, -0.2) is 0 Å². The van der Waals surface area contributed by atoms with Crippen LogP contribution in [0.15, 0.2) is 11.5 Å². The van der Waals surface area contributed by atoms with Crippen molar-refractivity contribution >= 4 is 17.7 Å². The molecule has 6 heteroatoms. The van der Waals surface area contributed by atoms with Gasteiger partial charge >= 0.3 is 5.51 Å². The van der Waals surface area contributed by atoms with E-state index in [9.17, 15) is 18.0 Å². The molecule has 0 aliphatic heterocycles. The first-order valence-electron chi connectivity index (χ1n) is 2.12. The van der Waals surface area contributed by atoms with Crippen LogP contribution in [0.3, 0.4) is 0 Å². The number of carbonyl (C=O) groups excluding carboxylic acids is 1. The summed E-state index contributed by atoms with van der Waals surface area (Å²) in [6.07, 6.45) is 0.651. The van der Waals surface area contributed by atoms with Gasteiger partial charge in [-0.15, -0.1) is 0 Å². The SMILES string of the molecule is NC(=O)/C=C/SC(F)(F)F. The van der Waals surface area contributed by atoms with Crippen molar-refractivity contribution in [2.75, 3.05) is 0 Å². The molecule has 0 aliphatic rings. The maximum atomic E-state index is 11.3. The zero-order valence-electron chi connectivity index (χ0n) is 4.68. The van der Waals surface area contributed by atoms with Gasteiger partial charge in [-0.3, -0.25) is 4.79 Å². The lowest BCUT2D eigenvalue weighted by molar-refractivity contribution is -0.113. The predicted octanol–water partition coefficient (Wildman–Crippen LogP) is 1.24. The van der Waals surface area contributed by atoms with Crippen molar-refractivity contribution < 1.29 is 18.0 Å². The Morgan fingerprint density at radius 2 is 2.00 bits per heavy atom. The number of hydrogen-bond donors (Lipinski definition) is 1. The van der Waals surface area contributed by atoms with Crippen LogP contribution in [-0.2, 0) is 4.79 Å². The fourth-order valence-corrected chi connectivity index (χ4v) is 0.535. The molecule has 0 atom stereocenters. The van der Waals surface area contributed by atoms with Crippen molar-refractivity contribution in [1.29, 1.82) is 0 Å². The second kappa shape index (κ2) is 3.50. The maximum absolute atomic E-state index is 11.3. The van der Waals surface area contributed by atoms with E-state index < -0.39 is 23.2 Å². The van der Waals surface area contributed by atoms with E-state index in [1.807, 2.05) is 0 Å². The molecular weight excluding hydrogens is 167 g/mol. The molecule has 0 saturated heterocycles. The molecule has 0 bridgehead atoms. The van der Waals surface area contributed by atoms with E-state index in [1.54, 1.807) is 0 Å². The molecule has 2 nitrogen and oxygen atoms in total. The number of primary amides is 1. The van der Waals surface area contributed by atoms with Crippen molar-refractivity contribution in [2.24, 2.45) is 5.73 Å². The van der Waals surface area contributed by atoms with Crippen molar-refractivity contribution in [3.05, 3.63) is 11.5 Å². The summed E-state index contributed by atoms with van der Waals surface area (Å²) in [5.74, 6) is -0.892. The lowest BCUT2D eigenvalue weighted by Crippen LogP contribution is -2.05. The number of halogens is 3. The Morgan fingerprint density at radius 1 is 1.50 bits per heavy atom. The fourth-order valence-electron chi connectivity index (χ4n) is 0.178. The van der Waals surface area contributed by atoms with Gasteiger partial charge in [0, 0.05) is 6.08 Å². The van der Waals surface area contributed by atoms with Crippen LogP contribution < -0.4 is 5.73 Å². The van der Waals surface area contributed by atoms with Crippen molar-refractivity contribution in [1.82, 2.24) is 0 Å². The number of hydrogen-bond acceptors (Lipinski definition) is 2. The predicted molar refractivity (Wildman–Crippen MR) is 32.0 cm³/mol. The van der Waals surface area contributed by atoms with Gasteiger partial charge in [-0.2, -0.15) is 13.2 Å². The second-order valence-corrected chi connectivity index (χ2v) is 2.24. The first-order chi connectivity index (χ1) is 4.42. The van der Waals surface area contributed by atoms with Gasteiger partial charge in [0.15, 0.2) is 0 Å². The van der Waals surface area contributed by atoms with E-state index in [1.165, 1.54) is 0 Å². The van der Waals surface area contributed by atoms with Crippen LogP contribution in [0.4, 0.5) is 13.2 Å². The standard InChI is InChI=1S/C4H4F3NOS/c5-4(6,7)10-2-1-3(8)9/h1-2H,(H2,8,9)/b2-1+. The first-order valence-corrected chi connectivity index (χ1v) is 3.00. The molecule has 0 spiro atoms. The molecule has 0 radical (unpaired) electrons. The molecule has 0 aliphatic carbocycles. The van der Waals surface area contributed by atoms with Gasteiger partial charge in [-0.1, -0.05) is 0 Å². The summed E-state index contributed by atoms with van der Waals surface area (Å²) >= 11 is -0.419. The number of carbonyl (C=O) groups is 1. The highest BCUT2D eigenvalue weighted by Gasteiger charge is 2.26. The van der Waals surface area contributed by atoms with E-state index in [-0.39, 0.29) is 0 Å². The summed E-state index contributed by atoms with van der Waals surface area (Å²) in [4.78, 5) is 9.84. The summed E-state index contributed by atoms with van der Waals surface area (Å²) in [6, 6.07) is 0. The number of thioether (sulfide) groups is 1. The summed E-state index contributed by atoms with van der Waals surface area (Å²) in [7, 11) is 0. The van der Waals surface area contributed by atoms with Crippen LogP contribution in [-0.4, -0.2) is 11.4 Å². The Morgan fingerprint density at radius 3 is 2.30 bits per heavy atom. The summed E-state index contributed by atoms with van der Waals surface area (Å²) in [5, 5.41) is 0.600. The molecule has 0 aromatic heterocycles. The van der Waals surface area contributed by atoms with Crippen molar-refractivity contribution in [2.45, 2.75) is 5.51 Å². The summed E-state index contributed by atoms with van der Waals surface area (Å²) in [5.41, 5.74) is 0.174. The zero-order valence-corrected chi connectivity index (χ0v) is 5.50. The number of amides is 1. The number of alkyl halides is 3. The average molecular weight is 171 g/mol. The van der Waals surface area contributed by atoms with Crippen LogP contribution >= 0.6 is 11.8 Å². The molecule has 0 heterocycles. The van der Waals surface area contributed by atoms with Crippen LogP contribution in [0.2, 0.25) is 0 Å². The van der Waals surface area contributed by atoms with Gasteiger partial charge in [0.25, 0.3) is 0 Å². The normalized spacial score (nSPS) is 12.3. The minimum atomic E-state index is -4.34. The summed E-state index contributed by atoms with van der Waals surface area (Å²) < 4.78 is 33.8. The minimum Gasteiger partial charge on any atom is -0.366 e. The van der Waals surface area contributed by atoms with Gasteiger partial charge in [0.05, 0.1) is 0 Å². The molecule has 58 valence electrons. The Bertz CT molecular complexity index is 153. The molecule has 10 heavy (non-hydrogen) atoms. The third-order valence-electron chi connectivity index (χ3n) is 0.434. The monoisotopic (exact) mass is 171 g/mol. The minimum absolute atomic E-state index is 0.419. The molecule has 1 amide bonds. The van der Waals surface area contributed by atoms with E-state index in [4.69, 9.17) is 0 Å². The Hall–Kier alpha value is -0.650. The quantitative estimate of drug-likeness (QED) is 0.635. The van der Waals surface area contributed by atoms with Gasteiger partial charge < -0.3 is 5.73 Å². The lowest BCUT2D eigenvalue weighted by atomic mass is 10.6. The third kappa shape index (κ3) is 7.35. The van der Waals surface area contributed by atoms with Gasteiger partial charge in [-0.05, 0) is 17.2 Å². The average Bonchev–Trinajstić information content (AvgIpc) is 1.59. The molecule has 0 unspecified atom stereocenters. The smallest absolute Gasteiger partial charge is 0.366 e. The van der Waals surface area contributed by atoms with Crippen LogP contribution in [0.25, 0.3) is 0 Å². The Kier molecular flexibility index (Phi) is 3.27. The highest BCUT2D eigenvalue weighted by Crippen LogP contribution is 2.30. The van der Waals surface area contributed by atoms with Crippen LogP contribution in [0.5, 0.6) is 0 Å². The van der Waals surface area contributed by atoms with Gasteiger partial charge in [0.1, 0.15) is 0 Å².